The van der Waals surface area contributed by atoms with E-state index in [-0.39, 0.29) is 33.5 Å². The number of carbonyl (C=O) groups is 3. The summed E-state index contributed by atoms with van der Waals surface area (Å²) >= 11 is 1.01. The highest BCUT2D eigenvalue weighted by Gasteiger charge is 2.38. The molecule has 1 aromatic carbocycles. The highest BCUT2D eigenvalue weighted by atomic mass is 32.1. The number of thiophene rings is 1. The van der Waals surface area contributed by atoms with Crippen LogP contribution in [-0.4, -0.2) is 22.6 Å². The summed E-state index contributed by atoms with van der Waals surface area (Å²) in [6.07, 6.45) is 0. The first-order chi connectivity index (χ1) is 12.1. The van der Waals surface area contributed by atoms with Gasteiger partial charge in [-0.2, -0.15) is 0 Å². The van der Waals surface area contributed by atoms with E-state index in [2.05, 4.69) is 10.5 Å². The van der Waals surface area contributed by atoms with Gasteiger partial charge in [0.2, 0.25) is 17.3 Å². The molecule has 0 spiro atoms. The van der Waals surface area contributed by atoms with Gasteiger partial charge in [-0.25, -0.2) is 0 Å². The number of aryl methyl sites for hydroxylation is 1. The van der Waals surface area contributed by atoms with Crippen molar-refractivity contribution in [2.24, 2.45) is 0 Å². The molecular formula is C18H12N2O4S. The normalized spacial score (nSPS) is 12.7. The molecule has 4 rings (SSSR count). The maximum atomic E-state index is 12.6. The number of rotatable bonds is 3. The Morgan fingerprint density at radius 3 is 2.72 bits per heavy atom. The van der Waals surface area contributed by atoms with Crippen molar-refractivity contribution in [3.63, 3.8) is 0 Å². The molecule has 0 bridgehead atoms. The van der Waals surface area contributed by atoms with Gasteiger partial charge >= 0.3 is 0 Å². The summed E-state index contributed by atoms with van der Waals surface area (Å²) in [5.41, 5.74) is 1.73. The summed E-state index contributed by atoms with van der Waals surface area (Å²) in [4.78, 5) is 38.0. The molecule has 6 nitrogen and oxygen atoms in total. The third-order valence-electron chi connectivity index (χ3n) is 4.00. The summed E-state index contributed by atoms with van der Waals surface area (Å²) in [5, 5.41) is 6.48. The number of aromatic nitrogens is 1. The van der Waals surface area contributed by atoms with Crippen molar-refractivity contribution in [3.8, 4) is 0 Å². The molecule has 2 heterocycles. The molecule has 0 unspecified atom stereocenters. The first-order valence-corrected chi connectivity index (χ1v) is 8.39. The minimum absolute atomic E-state index is 0.0518. The first kappa shape index (κ1) is 15.5. The standard InChI is InChI=1S/C18H12N2O4S/c1-9-13-15(22)17-11(14(21)16(13)24-20-9)7-12(25-17)18(23)19-8-10-5-3-2-4-6-10/h2-7H,8H2,1H3,(H,19,23). The zero-order valence-electron chi connectivity index (χ0n) is 13.2. The van der Waals surface area contributed by atoms with E-state index < -0.39 is 5.78 Å². The number of hydrogen-bond acceptors (Lipinski definition) is 6. The van der Waals surface area contributed by atoms with Crippen LogP contribution in [0.15, 0.2) is 40.9 Å². The van der Waals surface area contributed by atoms with Crippen LogP contribution in [0.3, 0.4) is 0 Å². The number of benzene rings is 1. The van der Waals surface area contributed by atoms with Gasteiger partial charge < -0.3 is 9.84 Å². The number of nitrogens with zero attached hydrogens (tertiary/aromatic N) is 1. The molecule has 25 heavy (non-hydrogen) atoms. The van der Waals surface area contributed by atoms with Gasteiger partial charge in [0.15, 0.2) is 0 Å². The van der Waals surface area contributed by atoms with Gasteiger partial charge in [-0.15, -0.1) is 11.3 Å². The molecule has 2 aromatic heterocycles. The number of amides is 1. The minimum Gasteiger partial charge on any atom is -0.352 e. The second kappa shape index (κ2) is 5.78. The number of hydrogen-bond donors (Lipinski definition) is 1. The predicted molar refractivity (Wildman–Crippen MR) is 90.0 cm³/mol. The Balaban J connectivity index is 1.61. The Hall–Kier alpha value is -3.06. The predicted octanol–water partition coefficient (Wildman–Crippen LogP) is 2.75. The molecule has 1 amide bonds. The van der Waals surface area contributed by atoms with E-state index in [1.165, 1.54) is 6.07 Å². The van der Waals surface area contributed by atoms with E-state index >= 15 is 0 Å². The highest BCUT2D eigenvalue weighted by molar-refractivity contribution is 7.16. The fourth-order valence-electron chi connectivity index (χ4n) is 2.73. The lowest BCUT2D eigenvalue weighted by Crippen LogP contribution is -2.21. The van der Waals surface area contributed by atoms with Gasteiger partial charge in [0, 0.05) is 12.1 Å². The molecule has 0 aliphatic heterocycles. The lowest BCUT2D eigenvalue weighted by molar-refractivity contribution is 0.0953. The smallest absolute Gasteiger partial charge is 0.261 e. The summed E-state index contributed by atoms with van der Waals surface area (Å²) < 4.78 is 4.99. The van der Waals surface area contributed by atoms with Crippen LogP contribution in [0.1, 0.15) is 52.3 Å². The number of ketones is 2. The molecule has 124 valence electrons. The van der Waals surface area contributed by atoms with E-state index in [0.29, 0.717) is 17.1 Å². The van der Waals surface area contributed by atoms with Crippen molar-refractivity contribution in [2.75, 3.05) is 0 Å². The van der Waals surface area contributed by atoms with E-state index in [1.54, 1.807) is 6.92 Å². The first-order valence-electron chi connectivity index (χ1n) is 7.58. The van der Waals surface area contributed by atoms with Gasteiger partial charge in [0.25, 0.3) is 5.91 Å². The zero-order valence-corrected chi connectivity index (χ0v) is 14.0. The fraction of sp³-hybridized carbons (Fsp3) is 0.111. The lowest BCUT2D eigenvalue weighted by atomic mass is 9.93. The highest BCUT2D eigenvalue weighted by Crippen LogP contribution is 2.34. The molecule has 0 fully saturated rings. The Labute approximate surface area is 146 Å². The van der Waals surface area contributed by atoms with Crippen LogP contribution in [-0.2, 0) is 6.54 Å². The van der Waals surface area contributed by atoms with Crippen molar-refractivity contribution in [1.82, 2.24) is 10.5 Å². The van der Waals surface area contributed by atoms with Crippen LogP contribution in [0.25, 0.3) is 0 Å². The maximum Gasteiger partial charge on any atom is 0.261 e. The Bertz CT molecular complexity index is 1020. The van der Waals surface area contributed by atoms with E-state index in [0.717, 1.165) is 16.9 Å². The second-order valence-electron chi connectivity index (χ2n) is 5.65. The summed E-state index contributed by atoms with van der Waals surface area (Å²) in [6.45, 7) is 1.98. The van der Waals surface area contributed by atoms with Crippen molar-refractivity contribution in [3.05, 3.63) is 74.3 Å². The van der Waals surface area contributed by atoms with E-state index in [1.807, 2.05) is 30.3 Å². The van der Waals surface area contributed by atoms with Crippen LogP contribution < -0.4 is 5.32 Å². The maximum absolute atomic E-state index is 12.6. The van der Waals surface area contributed by atoms with E-state index in [4.69, 9.17) is 4.52 Å². The minimum atomic E-state index is -0.413. The van der Waals surface area contributed by atoms with Crippen molar-refractivity contribution in [1.29, 1.82) is 0 Å². The molecule has 0 radical (unpaired) electrons. The average molecular weight is 352 g/mol. The van der Waals surface area contributed by atoms with Crippen LogP contribution in [0.2, 0.25) is 0 Å². The Morgan fingerprint density at radius 1 is 1.20 bits per heavy atom. The summed E-state index contributed by atoms with van der Waals surface area (Å²) in [7, 11) is 0. The van der Waals surface area contributed by atoms with Crippen LogP contribution in [0.4, 0.5) is 0 Å². The molecule has 3 aromatic rings. The summed E-state index contributed by atoms with van der Waals surface area (Å²) in [6, 6.07) is 10.9. The average Bonchev–Trinajstić information content (AvgIpc) is 3.23. The summed E-state index contributed by atoms with van der Waals surface area (Å²) in [5.74, 6) is -1.11. The second-order valence-corrected chi connectivity index (χ2v) is 6.70. The van der Waals surface area contributed by atoms with Gasteiger partial charge in [0.1, 0.15) is 0 Å². The van der Waals surface area contributed by atoms with E-state index in [9.17, 15) is 14.4 Å². The quantitative estimate of drug-likeness (QED) is 0.612. The third-order valence-corrected chi connectivity index (χ3v) is 5.13. The molecule has 1 N–H and O–H groups in total. The number of nitrogens with one attached hydrogen (secondary N) is 1. The molecule has 1 aliphatic rings. The Morgan fingerprint density at radius 2 is 1.96 bits per heavy atom. The monoisotopic (exact) mass is 352 g/mol. The van der Waals surface area contributed by atoms with Crippen LogP contribution in [0, 0.1) is 6.92 Å². The number of fused-ring (bicyclic) bond motifs is 2. The molecule has 0 saturated carbocycles. The van der Waals surface area contributed by atoms with Crippen LogP contribution >= 0.6 is 11.3 Å². The topological polar surface area (TPSA) is 89.3 Å². The fourth-order valence-corrected chi connectivity index (χ4v) is 3.75. The van der Waals surface area contributed by atoms with Gasteiger partial charge in [-0.3, -0.25) is 14.4 Å². The van der Waals surface area contributed by atoms with Gasteiger partial charge in [0.05, 0.1) is 21.0 Å². The van der Waals surface area contributed by atoms with Gasteiger partial charge in [-0.1, -0.05) is 35.5 Å². The molecule has 1 aliphatic carbocycles. The van der Waals surface area contributed by atoms with Crippen molar-refractivity contribution >= 4 is 28.8 Å². The lowest BCUT2D eigenvalue weighted by Gasteiger charge is -2.07. The molecule has 0 atom stereocenters. The SMILES string of the molecule is Cc1noc2c1C(=O)c1sc(C(=O)NCc3ccccc3)cc1C2=O. The zero-order chi connectivity index (χ0) is 17.6. The van der Waals surface area contributed by atoms with Crippen molar-refractivity contribution < 1.29 is 18.9 Å². The largest absolute Gasteiger partial charge is 0.352 e. The third kappa shape index (κ3) is 2.49. The number of carbonyl (C=O) groups excluding carboxylic acids is 3. The van der Waals surface area contributed by atoms with Crippen molar-refractivity contribution in [2.45, 2.75) is 13.5 Å². The van der Waals surface area contributed by atoms with Crippen LogP contribution in [0.5, 0.6) is 0 Å². The molecular weight excluding hydrogens is 340 g/mol. The Kier molecular flexibility index (Phi) is 3.58. The molecule has 0 saturated heterocycles. The molecule has 7 heteroatoms. The van der Waals surface area contributed by atoms with Gasteiger partial charge in [-0.05, 0) is 18.6 Å².